The van der Waals surface area contributed by atoms with Crippen molar-refractivity contribution in [3.05, 3.63) is 0 Å². The second-order valence-electron chi connectivity index (χ2n) is 9.77. The fraction of sp³-hybridized carbons (Fsp3) is 0.944. The van der Waals surface area contributed by atoms with Crippen LogP contribution in [-0.4, -0.2) is 42.5 Å². The standard InChI is InChI=1S/C18H34N2O3S/c1-13(19-24(23)16(5,6)7)17-8-10-18(12-17,11-9-17)20(14(21)22)15(2,3)4/h13,19H,8-12H2,1-7H3,(H,21,22)/t13-,17?,18?,24-/m0/s1. The molecule has 5 nitrogen and oxygen atoms in total. The monoisotopic (exact) mass is 358 g/mol. The van der Waals surface area contributed by atoms with Gasteiger partial charge >= 0.3 is 6.09 Å². The van der Waals surface area contributed by atoms with Crippen molar-refractivity contribution in [1.29, 1.82) is 0 Å². The minimum Gasteiger partial charge on any atom is -0.598 e. The number of hydrogen-bond acceptors (Lipinski definition) is 3. The van der Waals surface area contributed by atoms with Crippen LogP contribution >= 0.6 is 0 Å². The van der Waals surface area contributed by atoms with Gasteiger partial charge in [0, 0.05) is 22.4 Å². The molecule has 2 atom stereocenters. The second-order valence-corrected chi connectivity index (χ2v) is 11.8. The van der Waals surface area contributed by atoms with E-state index in [-0.39, 0.29) is 21.7 Å². The van der Waals surface area contributed by atoms with Gasteiger partial charge in [0.15, 0.2) is 0 Å². The molecule has 0 heterocycles. The highest BCUT2D eigenvalue weighted by atomic mass is 32.2. The van der Waals surface area contributed by atoms with E-state index in [0.29, 0.717) is 0 Å². The maximum atomic E-state index is 12.5. The van der Waals surface area contributed by atoms with E-state index in [0.717, 1.165) is 32.1 Å². The highest BCUT2D eigenvalue weighted by Crippen LogP contribution is 2.61. The zero-order chi connectivity index (χ0) is 18.6. The number of amides is 1. The molecule has 2 aliphatic rings. The lowest BCUT2D eigenvalue weighted by Crippen LogP contribution is -2.57. The highest BCUT2D eigenvalue weighted by Gasteiger charge is 2.62. The molecule has 24 heavy (non-hydrogen) atoms. The summed E-state index contributed by atoms with van der Waals surface area (Å²) in [4.78, 5) is 13.7. The van der Waals surface area contributed by atoms with Crippen LogP contribution in [-0.2, 0) is 11.4 Å². The Kier molecular flexibility index (Phi) is 5.01. The van der Waals surface area contributed by atoms with Gasteiger partial charge in [0.05, 0.1) is 6.04 Å². The Bertz CT molecular complexity index is 487. The highest BCUT2D eigenvalue weighted by molar-refractivity contribution is 7.90. The van der Waals surface area contributed by atoms with Crippen molar-refractivity contribution in [3.63, 3.8) is 0 Å². The third kappa shape index (κ3) is 3.42. The summed E-state index contributed by atoms with van der Waals surface area (Å²) in [7, 11) is 0. The fourth-order valence-electron chi connectivity index (χ4n) is 4.77. The maximum Gasteiger partial charge on any atom is 0.408 e. The van der Waals surface area contributed by atoms with Crippen LogP contribution in [0.15, 0.2) is 0 Å². The molecule has 2 bridgehead atoms. The molecule has 0 spiro atoms. The largest absolute Gasteiger partial charge is 0.598 e. The van der Waals surface area contributed by atoms with Crippen LogP contribution in [0.1, 0.15) is 80.6 Å². The zero-order valence-corrected chi connectivity index (χ0v) is 17.0. The first kappa shape index (κ1) is 19.9. The summed E-state index contributed by atoms with van der Waals surface area (Å²) in [5.41, 5.74) is -0.611. The van der Waals surface area contributed by atoms with Crippen molar-refractivity contribution < 1.29 is 14.5 Å². The third-order valence-corrected chi connectivity index (χ3v) is 7.63. The Morgan fingerprint density at radius 3 is 2.04 bits per heavy atom. The van der Waals surface area contributed by atoms with E-state index < -0.39 is 23.0 Å². The molecule has 1 amide bonds. The van der Waals surface area contributed by atoms with Gasteiger partial charge in [-0.3, -0.25) is 4.90 Å². The van der Waals surface area contributed by atoms with Gasteiger partial charge in [-0.25, -0.2) is 4.79 Å². The van der Waals surface area contributed by atoms with E-state index in [9.17, 15) is 14.5 Å². The molecule has 0 aromatic carbocycles. The molecule has 0 aliphatic heterocycles. The Balaban J connectivity index is 2.19. The number of hydrogen-bond donors (Lipinski definition) is 2. The van der Waals surface area contributed by atoms with E-state index in [1.54, 1.807) is 4.90 Å². The summed E-state index contributed by atoms with van der Waals surface area (Å²) in [6.07, 6.45) is 3.87. The van der Waals surface area contributed by atoms with E-state index in [2.05, 4.69) is 11.6 Å². The molecule has 0 unspecified atom stereocenters. The van der Waals surface area contributed by atoms with Crippen LogP contribution in [0.3, 0.4) is 0 Å². The van der Waals surface area contributed by atoms with Gasteiger partial charge < -0.3 is 9.66 Å². The van der Waals surface area contributed by atoms with Crippen LogP contribution in [0.2, 0.25) is 0 Å². The average molecular weight is 359 g/mol. The quantitative estimate of drug-likeness (QED) is 0.747. The van der Waals surface area contributed by atoms with Gasteiger partial charge in [-0.1, -0.05) is 0 Å². The summed E-state index contributed by atoms with van der Waals surface area (Å²) in [6, 6.07) is 0.123. The predicted molar refractivity (Wildman–Crippen MR) is 98.4 cm³/mol. The molecule has 2 rings (SSSR count). The molecule has 2 aliphatic carbocycles. The van der Waals surface area contributed by atoms with Crippen LogP contribution < -0.4 is 4.72 Å². The van der Waals surface area contributed by atoms with E-state index >= 15 is 0 Å². The van der Waals surface area contributed by atoms with E-state index in [1.807, 2.05) is 41.5 Å². The van der Waals surface area contributed by atoms with Crippen LogP contribution in [0, 0.1) is 5.41 Å². The molecular weight excluding hydrogens is 324 g/mol. The van der Waals surface area contributed by atoms with Crippen LogP contribution in [0.5, 0.6) is 0 Å². The topological polar surface area (TPSA) is 75.6 Å². The van der Waals surface area contributed by atoms with Crippen molar-refractivity contribution in [2.24, 2.45) is 5.41 Å². The lowest BCUT2D eigenvalue weighted by atomic mass is 9.78. The minimum absolute atomic E-state index is 0.0554. The summed E-state index contributed by atoms with van der Waals surface area (Å²) < 4.78 is 15.5. The number of carbonyl (C=O) groups is 1. The summed E-state index contributed by atoms with van der Waals surface area (Å²) in [6.45, 7) is 14.0. The summed E-state index contributed by atoms with van der Waals surface area (Å²) in [5, 5.41) is 9.82. The van der Waals surface area contributed by atoms with Gasteiger partial charge in [0.2, 0.25) is 0 Å². The molecule has 0 saturated heterocycles. The molecule has 2 saturated carbocycles. The van der Waals surface area contributed by atoms with Gasteiger partial charge in [0.25, 0.3) is 0 Å². The normalized spacial score (nSPS) is 32.7. The van der Waals surface area contributed by atoms with Gasteiger partial charge in [0.1, 0.15) is 4.75 Å². The Hall–Kier alpha value is -0.460. The van der Waals surface area contributed by atoms with Gasteiger partial charge in [-0.15, -0.1) is 4.72 Å². The summed E-state index contributed by atoms with van der Waals surface area (Å²) >= 11 is -1.10. The molecule has 0 aromatic heterocycles. The van der Waals surface area contributed by atoms with Gasteiger partial charge in [-0.2, -0.15) is 0 Å². The van der Waals surface area contributed by atoms with E-state index in [4.69, 9.17) is 0 Å². The third-order valence-electron chi connectivity index (χ3n) is 5.95. The van der Waals surface area contributed by atoms with Crippen molar-refractivity contribution >= 4 is 17.5 Å². The number of nitrogens with one attached hydrogen (secondary N) is 1. The molecule has 6 heteroatoms. The van der Waals surface area contributed by atoms with Crippen LogP contribution in [0.25, 0.3) is 0 Å². The zero-order valence-electron chi connectivity index (χ0n) is 16.2. The number of rotatable bonds is 4. The smallest absolute Gasteiger partial charge is 0.408 e. The molecule has 0 radical (unpaired) electrons. The first-order valence-electron chi connectivity index (χ1n) is 8.95. The van der Waals surface area contributed by atoms with E-state index in [1.165, 1.54) is 0 Å². The average Bonchev–Trinajstić information content (AvgIpc) is 2.92. The van der Waals surface area contributed by atoms with Crippen molar-refractivity contribution in [3.8, 4) is 0 Å². The maximum absolute atomic E-state index is 12.5. The molecular formula is C18H34N2O3S. The lowest BCUT2D eigenvalue weighted by molar-refractivity contribution is 0.0200. The first-order valence-corrected chi connectivity index (χ1v) is 10.1. The fourth-order valence-corrected chi connectivity index (χ4v) is 5.70. The Morgan fingerprint density at radius 1 is 1.17 bits per heavy atom. The number of fused-ring (bicyclic) bond motifs is 2. The van der Waals surface area contributed by atoms with Crippen molar-refractivity contribution in [2.45, 2.75) is 102 Å². The number of carboxylic acid groups (broad SMARTS) is 1. The Morgan fingerprint density at radius 2 is 1.67 bits per heavy atom. The van der Waals surface area contributed by atoms with Crippen molar-refractivity contribution in [2.75, 3.05) is 0 Å². The predicted octanol–water partition coefficient (Wildman–Crippen LogP) is 3.91. The molecule has 2 fully saturated rings. The van der Waals surface area contributed by atoms with Crippen LogP contribution in [0.4, 0.5) is 4.79 Å². The lowest BCUT2D eigenvalue weighted by Gasteiger charge is -2.46. The van der Waals surface area contributed by atoms with Gasteiger partial charge in [-0.05, 0) is 86.0 Å². The Labute approximate surface area is 149 Å². The first-order chi connectivity index (χ1) is 10.7. The molecule has 140 valence electrons. The van der Waals surface area contributed by atoms with Crippen molar-refractivity contribution in [1.82, 2.24) is 9.62 Å². The second kappa shape index (κ2) is 6.06. The molecule has 0 aromatic rings. The SMILES string of the molecule is C[C@H](N[S@@+]([O-])C(C)(C)C)C12CCC(N(C(=O)O)C(C)(C)C)(CC1)C2. The summed E-state index contributed by atoms with van der Waals surface area (Å²) in [5.74, 6) is 0. The minimum atomic E-state index is -1.10. The molecule has 2 N–H and O–H groups in total. The number of nitrogens with zero attached hydrogens (tertiary/aromatic N) is 1.